The summed E-state index contributed by atoms with van der Waals surface area (Å²) in [5, 5.41) is 2.56. The molecule has 1 aliphatic heterocycles. The number of para-hydroxylation sites is 1. The van der Waals surface area contributed by atoms with E-state index in [1.54, 1.807) is 60.7 Å². The van der Waals surface area contributed by atoms with Gasteiger partial charge in [0.2, 0.25) is 0 Å². The largest absolute Gasteiger partial charge is 0.452 e. The van der Waals surface area contributed by atoms with Gasteiger partial charge in [-0.1, -0.05) is 36.4 Å². The zero-order valence-corrected chi connectivity index (χ0v) is 18.2. The predicted octanol–water partition coefficient (Wildman–Crippen LogP) is 3.48. The molecule has 8 nitrogen and oxygen atoms in total. The Morgan fingerprint density at radius 1 is 0.824 bits per heavy atom. The number of ether oxygens (including phenoxy) is 1. The summed E-state index contributed by atoms with van der Waals surface area (Å²) in [7, 11) is 0. The van der Waals surface area contributed by atoms with Crippen LogP contribution in [0.25, 0.3) is 0 Å². The number of nitrogens with one attached hydrogen (secondary N) is 1. The van der Waals surface area contributed by atoms with E-state index in [0.29, 0.717) is 27.9 Å². The maximum Gasteiger partial charge on any atom is 0.338 e. The average molecular weight is 456 g/mol. The Morgan fingerprint density at radius 2 is 1.41 bits per heavy atom. The summed E-state index contributed by atoms with van der Waals surface area (Å²) >= 11 is 0. The predicted molar refractivity (Wildman–Crippen MR) is 122 cm³/mol. The van der Waals surface area contributed by atoms with Crippen molar-refractivity contribution in [1.29, 1.82) is 0 Å². The number of nitrogens with zero attached hydrogens (tertiary/aromatic N) is 1. The van der Waals surface area contributed by atoms with Crippen LogP contribution in [0.4, 0.5) is 5.69 Å². The first-order chi connectivity index (χ1) is 16.3. The zero-order valence-electron chi connectivity index (χ0n) is 18.2. The van der Waals surface area contributed by atoms with Crippen molar-refractivity contribution in [3.63, 3.8) is 0 Å². The lowest BCUT2D eigenvalue weighted by Gasteiger charge is -2.14. The van der Waals surface area contributed by atoms with Crippen molar-refractivity contribution in [2.24, 2.45) is 0 Å². The second-order valence-corrected chi connectivity index (χ2v) is 7.67. The summed E-state index contributed by atoms with van der Waals surface area (Å²) in [6.45, 7) is 0.935. The van der Waals surface area contributed by atoms with Crippen LogP contribution in [0, 0.1) is 0 Å². The van der Waals surface area contributed by atoms with Crippen LogP contribution in [-0.2, 0) is 16.1 Å². The summed E-state index contributed by atoms with van der Waals surface area (Å²) in [5.74, 6) is -2.20. The van der Waals surface area contributed by atoms with Crippen molar-refractivity contribution in [3.8, 4) is 0 Å². The van der Waals surface area contributed by atoms with Crippen molar-refractivity contribution in [2.45, 2.75) is 13.5 Å². The number of fused-ring (bicyclic) bond motifs is 1. The van der Waals surface area contributed by atoms with E-state index >= 15 is 0 Å². The maximum absolute atomic E-state index is 12.5. The third kappa shape index (κ3) is 4.61. The smallest absolute Gasteiger partial charge is 0.338 e. The van der Waals surface area contributed by atoms with Gasteiger partial charge in [-0.2, -0.15) is 0 Å². The van der Waals surface area contributed by atoms with Gasteiger partial charge in [0.25, 0.3) is 17.7 Å². The SMILES string of the molecule is CC(=O)c1ccccc1NC(=O)COC(=O)c1ccc(CN2C(=O)c3ccccc3C2=O)cc1. The fraction of sp³-hybridized carbons (Fsp3) is 0.115. The summed E-state index contributed by atoms with van der Waals surface area (Å²) in [5.41, 5.74) is 2.31. The molecule has 4 rings (SSSR count). The molecule has 0 aromatic heterocycles. The number of imide groups is 1. The van der Waals surface area contributed by atoms with Gasteiger partial charge in [0.1, 0.15) is 0 Å². The van der Waals surface area contributed by atoms with E-state index in [2.05, 4.69) is 5.32 Å². The average Bonchev–Trinajstić information content (AvgIpc) is 3.08. The van der Waals surface area contributed by atoms with Crippen LogP contribution in [0.3, 0.4) is 0 Å². The van der Waals surface area contributed by atoms with Gasteiger partial charge in [-0.25, -0.2) is 4.79 Å². The summed E-state index contributed by atoms with van der Waals surface area (Å²) in [6, 6.07) is 19.4. The van der Waals surface area contributed by atoms with E-state index in [-0.39, 0.29) is 29.7 Å². The van der Waals surface area contributed by atoms with Gasteiger partial charge in [-0.05, 0) is 48.9 Å². The van der Waals surface area contributed by atoms with Gasteiger partial charge < -0.3 is 10.1 Å². The number of ketones is 1. The summed E-state index contributed by atoms with van der Waals surface area (Å²) < 4.78 is 5.06. The molecule has 1 N–H and O–H groups in total. The number of rotatable bonds is 7. The number of Topliss-reactive ketones (excluding diaryl/α,β-unsaturated/α-hetero) is 1. The van der Waals surface area contributed by atoms with Crippen molar-refractivity contribution in [3.05, 3.63) is 101 Å². The molecule has 1 aliphatic rings. The Bertz CT molecular complexity index is 1280. The first-order valence-electron chi connectivity index (χ1n) is 10.5. The standard InChI is InChI=1S/C26H20N2O6/c1-16(29)19-6-4-5-9-22(19)27-23(30)15-34-26(33)18-12-10-17(11-13-18)14-28-24(31)20-7-2-3-8-21(20)25(28)32/h2-13H,14-15H2,1H3,(H,27,30). The minimum atomic E-state index is -0.706. The van der Waals surface area contributed by atoms with Gasteiger partial charge in [-0.3, -0.25) is 24.1 Å². The van der Waals surface area contributed by atoms with Crippen LogP contribution >= 0.6 is 0 Å². The van der Waals surface area contributed by atoms with Gasteiger partial charge in [-0.15, -0.1) is 0 Å². The number of carbonyl (C=O) groups is 5. The summed E-state index contributed by atoms with van der Waals surface area (Å²) in [6.07, 6.45) is 0. The van der Waals surface area contributed by atoms with E-state index in [1.165, 1.54) is 19.1 Å². The van der Waals surface area contributed by atoms with Crippen molar-refractivity contribution in [2.75, 3.05) is 11.9 Å². The molecule has 0 atom stereocenters. The third-order valence-electron chi connectivity index (χ3n) is 5.32. The lowest BCUT2D eigenvalue weighted by molar-refractivity contribution is -0.119. The topological polar surface area (TPSA) is 110 Å². The fourth-order valence-electron chi connectivity index (χ4n) is 3.61. The van der Waals surface area contributed by atoms with Gasteiger partial charge >= 0.3 is 5.97 Å². The van der Waals surface area contributed by atoms with E-state index in [1.807, 2.05) is 0 Å². The monoisotopic (exact) mass is 456 g/mol. The number of esters is 1. The van der Waals surface area contributed by atoms with Crippen molar-refractivity contribution >= 4 is 35.2 Å². The van der Waals surface area contributed by atoms with Crippen LogP contribution in [0.2, 0.25) is 0 Å². The van der Waals surface area contributed by atoms with Crippen molar-refractivity contribution in [1.82, 2.24) is 4.90 Å². The quantitative estimate of drug-likeness (QED) is 0.331. The highest BCUT2D eigenvalue weighted by atomic mass is 16.5. The normalized spacial score (nSPS) is 12.3. The van der Waals surface area contributed by atoms with E-state index in [0.717, 1.165) is 4.90 Å². The second kappa shape index (κ2) is 9.50. The number of hydrogen-bond donors (Lipinski definition) is 1. The number of carbonyl (C=O) groups excluding carboxylic acids is 5. The molecule has 8 heteroatoms. The first-order valence-corrected chi connectivity index (χ1v) is 10.5. The van der Waals surface area contributed by atoms with Crippen LogP contribution in [0.5, 0.6) is 0 Å². The minimum Gasteiger partial charge on any atom is -0.452 e. The molecule has 1 heterocycles. The molecule has 0 bridgehead atoms. The highest BCUT2D eigenvalue weighted by Crippen LogP contribution is 2.24. The Balaban J connectivity index is 1.33. The minimum absolute atomic E-state index is 0.0691. The molecular weight excluding hydrogens is 436 g/mol. The Hall–Kier alpha value is -4.59. The number of anilines is 1. The number of benzene rings is 3. The zero-order chi connectivity index (χ0) is 24.2. The highest BCUT2D eigenvalue weighted by molar-refractivity contribution is 6.21. The van der Waals surface area contributed by atoms with E-state index in [4.69, 9.17) is 4.74 Å². The molecule has 0 aliphatic carbocycles. The molecule has 3 aromatic carbocycles. The van der Waals surface area contributed by atoms with E-state index < -0.39 is 18.5 Å². The van der Waals surface area contributed by atoms with Crippen LogP contribution in [0.15, 0.2) is 72.8 Å². The molecule has 170 valence electrons. The number of amides is 3. The van der Waals surface area contributed by atoms with Crippen LogP contribution in [-0.4, -0.2) is 41.0 Å². The van der Waals surface area contributed by atoms with E-state index in [9.17, 15) is 24.0 Å². The molecule has 3 aromatic rings. The lowest BCUT2D eigenvalue weighted by Crippen LogP contribution is -2.29. The molecule has 0 radical (unpaired) electrons. The molecule has 34 heavy (non-hydrogen) atoms. The Morgan fingerprint density at radius 3 is 2.03 bits per heavy atom. The molecule has 0 fully saturated rings. The molecular formula is C26H20N2O6. The fourth-order valence-corrected chi connectivity index (χ4v) is 3.61. The van der Waals surface area contributed by atoms with Gasteiger partial charge in [0, 0.05) is 5.56 Å². The van der Waals surface area contributed by atoms with Gasteiger partial charge in [0.15, 0.2) is 12.4 Å². The van der Waals surface area contributed by atoms with Crippen LogP contribution < -0.4 is 5.32 Å². The lowest BCUT2D eigenvalue weighted by atomic mass is 10.1. The molecule has 0 saturated heterocycles. The molecule has 0 unspecified atom stereocenters. The Kier molecular flexibility index (Phi) is 6.31. The third-order valence-corrected chi connectivity index (χ3v) is 5.32. The number of hydrogen-bond acceptors (Lipinski definition) is 6. The van der Waals surface area contributed by atoms with Gasteiger partial charge in [0.05, 0.1) is 28.9 Å². The van der Waals surface area contributed by atoms with Crippen molar-refractivity contribution < 1.29 is 28.7 Å². The highest BCUT2D eigenvalue weighted by Gasteiger charge is 2.34. The first kappa shape index (κ1) is 22.6. The molecule has 3 amide bonds. The molecule has 0 spiro atoms. The Labute approximate surface area is 195 Å². The maximum atomic E-state index is 12.5. The van der Waals surface area contributed by atoms with Crippen LogP contribution in [0.1, 0.15) is 53.9 Å². The summed E-state index contributed by atoms with van der Waals surface area (Å²) in [4.78, 5) is 62.3. The molecule has 0 saturated carbocycles. The second-order valence-electron chi connectivity index (χ2n) is 7.67.